The van der Waals surface area contributed by atoms with Crippen molar-refractivity contribution in [1.82, 2.24) is 0 Å². The maximum absolute atomic E-state index is 5.86. The molecule has 1 rings (SSSR count). The Balaban J connectivity index is 0.000000561. The molecule has 0 radical (unpaired) electrons. The minimum absolute atomic E-state index is 0.817. The fourth-order valence-electron chi connectivity index (χ4n) is 0.802. The van der Waals surface area contributed by atoms with E-state index in [1.807, 2.05) is 33.8 Å². The van der Waals surface area contributed by atoms with Gasteiger partial charge in [-0.25, -0.2) is 0 Å². The molecule has 0 saturated heterocycles. The van der Waals surface area contributed by atoms with E-state index in [1.54, 1.807) is 0 Å². The second kappa shape index (κ2) is 5.60. The van der Waals surface area contributed by atoms with Crippen LogP contribution in [0.2, 0.25) is 5.02 Å². The lowest BCUT2D eigenvalue weighted by Gasteiger charge is -2.01. The molecular weight excluding hydrogens is 235 g/mol. The van der Waals surface area contributed by atoms with Gasteiger partial charge in [0.1, 0.15) is 0 Å². The van der Waals surface area contributed by atoms with Crippen LogP contribution in [0.4, 0.5) is 0 Å². The van der Waals surface area contributed by atoms with E-state index in [9.17, 15) is 0 Å². The van der Waals surface area contributed by atoms with Crippen molar-refractivity contribution in [2.24, 2.45) is 0 Å². The summed E-state index contributed by atoms with van der Waals surface area (Å²) in [6, 6.07) is 3.98. The van der Waals surface area contributed by atoms with Gasteiger partial charge in [-0.3, -0.25) is 0 Å². The lowest BCUT2D eigenvalue weighted by molar-refractivity contribution is 1.36. The van der Waals surface area contributed by atoms with E-state index in [2.05, 4.69) is 22.0 Å². The molecule has 0 aliphatic rings. The molecule has 0 saturated carbocycles. The summed E-state index contributed by atoms with van der Waals surface area (Å²) in [6.07, 6.45) is 0. The van der Waals surface area contributed by atoms with E-state index < -0.39 is 0 Å². The molecule has 1 aromatic carbocycles. The van der Waals surface area contributed by atoms with Gasteiger partial charge in [-0.15, -0.1) is 0 Å². The predicted molar refractivity (Wildman–Crippen MR) is 60.0 cm³/mol. The first-order valence-electron chi connectivity index (χ1n) is 4.03. The summed E-state index contributed by atoms with van der Waals surface area (Å²) >= 11 is 9.25. The average molecular weight is 250 g/mol. The summed E-state index contributed by atoms with van der Waals surface area (Å²) in [7, 11) is 0. The third-order valence-corrected chi connectivity index (χ3v) is 2.70. The van der Waals surface area contributed by atoms with Crippen LogP contribution in [0.25, 0.3) is 0 Å². The van der Waals surface area contributed by atoms with Crippen molar-refractivity contribution in [2.75, 3.05) is 0 Å². The van der Waals surface area contributed by atoms with Crippen molar-refractivity contribution in [2.45, 2.75) is 27.7 Å². The predicted octanol–water partition coefficient (Wildman–Crippen LogP) is 4.75. The van der Waals surface area contributed by atoms with E-state index in [4.69, 9.17) is 11.6 Å². The molecule has 0 bridgehead atoms. The molecule has 0 nitrogen and oxygen atoms in total. The largest absolute Gasteiger partial charge is 0.0840 e. The molecular formula is C10H14BrCl. The number of benzene rings is 1. The molecule has 1 aromatic rings. The molecule has 0 N–H and O–H groups in total. The van der Waals surface area contributed by atoms with Crippen LogP contribution in [0.1, 0.15) is 25.0 Å². The van der Waals surface area contributed by atoms with Gasteiger partial charge in [0.05, 0.1) is 0 Å². The Hall–Kier alpha value is -0.0100. The maximum Gasteiger partial charge on any atom is 0.0446 e. The van der Waals surface area contributed by atoms with Gasteiger partial charge in [-0.05, 0) is 31.0 Å². The van der Waals surface area contributed by atoms with E-state index in [0.717, 1.165) is 15.1 Å². The Morgan fingerprint density at radius 2 is 1.58 bits per heavy atom. The normalized spacial score (nSPS) is 8.83. The molecule has 0 aromatic heterocycles. The molecule has 0 atom stereocenters. The Morgan fingerprint density at radius 1 is 1.08 bits per heavy atom. The van der Waals surface area contributed by atoms with Crippen LogP contribution in [-0.2, 0) is 0 Å². The van der Waals surface area contributed by atoms with Crippen LogP contribution >= 0.6 is 27.5 Å². The monoisotopic (exact) mass is 248 g/mol. The van der Waals surface area contributed by atoms with E-state index >= 15 is 0 Å². The molecule has 0 spiro atoms. The first-order chi connectivity index (χ1) is 5.61. The van der Waals surface area contributed by atoms with Crippen molar-refractivity contribution in [1.29, 1.82) is 0 Å². The van der Waals surface area contributed by atoms with Gasteiger partial charge in [0.2, 0.25) is 0 Å². The van der Waals surface area contributed by atoms with Gasteiger partial charge in [-0.1, -0.05) is 47.4 Å². The highest BCUT2D eigenvalue weighted by Gasteiger charge is 1.98. The van der Waals surface area contributed by atoms with Crippen molar-refractivity contribution >= 4 is 27.5 Å². The zero-order chi connectivity index (χ0) is 9.72. The Bertz CT molecular complexity index is 206. The van der Waals surface area contributed by atoms with Gasteiger partial charge in [-0.2, -0.15) is 0 Å². The second-order valence-corrected chi connectivity index (χ2v) is 3.61. The van der Waals surface area contributed by atoms with E-state index in [0.29, 0.717) is 0 Å². The van der Waals surface area contributed by atoms with Crippen molar-refractivity contribution < 1.29 is 0 Å². The Morgan fingerprint density at radius 3 is 2.00 bits per heavy atom. The van der Waals surface area contributed by atoms with Crippen molar-refractivity contribution in [3.8, 4) is 0 Å². The maximum atomic E-state index is 5.86. The molecule has 0 unspecified atom stereocenters. The summed E-state index contributed by atoms with van der Waals surface area (Å²) in [5, 5.41) is 0.817. The lowest BCUT2D eigenvalue weighted by atomic mass is 10.2. The summed E-state index contributed by atoms with van der Waals surface area (Å²) in [5.74, 6) is 0. The molecule has 2 heteroatoms. The van der Waals surface area contributed by atoms with Gasteiger partial charge in [0, 0.05) is 9.50 Å². The third-order valence-electron chi connectivity index (χ3n) is 1.44. The highest BCUT2D eigenvalue weighted by molar-refractivity contribution is 9.10. The third kappa shape index (κ3) is 3.16. The zero-order valence-corrected chi connectivity index (χ0v) is 10.3. The fraction of sp³-hybridized carbons (Fsp3) is 0.400. The van der Waals surface area contributed by atoms with Crippen LogP contribution < -0.4 is 0 Å². The summed E-state index contributed by atoms with van der Waals surface area (Å²) < 4.78 is 1.07. The summed E-state index contributed by atoms with van der Waals surface area (Å²) in [6.45, 7) is 8.05. The standard InChI is InChI=1S/C8H8BrCl.C2H6/c1-5-3-6(2)8(10)4-7(5)9;1-2/h3-4H,1-2H3;1-2H3. The van der Waals surface area contributed by atoms with Crippen molar-refractivity contribution in [3.05, 3.63) is 32.8 Å². The minimum Gasteiger partial charge on any atom is -0.0840 e. The van der Waals surface area contributed by atoms with Crippen LogP contribution in [0.15, 0.2) is 16.6 Å². The molecule has 12 heavy (non-hydrogen) atoms. The summed E-state index contributed by atoms with van der Waals surface area (Å²) in [5.41, 5.74) is 2.35. The number of hydrogen-bond donors (Lipinski definition) is 0. The Kier molecular flexibility index (Phi) is 5.60. The number of rotatable bonds is 0. The van der Waals surface area contributed by atoms with E-state index in [-0.39, 0.29) is 0 Å². The van der Waals surface area contributed by atoms with Crippen LogP contribution in [0, 0.1) is 13.8 Å². The van der Waals surface area contributed by atoms with Crippen LogP contribution in [-0.4, -0.2) is 0 Å². The lowest BCUT2D eigenvalue weighted by Crippen LogP contribution is -1.79. The summed E-state index contributed by atoms with van der Waals surface area (Å²) in [4.78, 5) is 0. The van der Waals surface area contributed by atoms with E-state index in [1.165, 1.54) is 5.56 Å². The van der Waals surface area contributed by atoms with Crippen LogP contribution in [0.5, 0.6) is 0 Å². The SMILES string of the molecule is CC.Cc1cc(C)c(Br)cc1Cl. The van der Waals surface area contributed by atoms with Gasteiger partial charge in [0.25, 0.3) is 0 Å². The highest BCUT2D eigenvalue weighted by atomic mass is 79.9. The highest BCUT2D eigenvalue weighted by Crippen LogP contribution is 2.24. The topological polar surface area (TPSA) is 0 Å². The number of halogens is 2. The van der Waals surface area contributed by atoms with Crippen molar-refractivity contribution in [3.63, 3.8) is 0 Å². The van der Waals surface area contributed by atoms with Gasteiger partial charge < -0.3 is 0 Å². The first-order valence-corrected chi connectivity index (χ1v) is 5.20. The van der Waals surface area contributed by atoms with Gasteiger partial charge in [0.15, 0.2) is 0 Å². The number of aryl methyl sites for hydroxylation is 2. The zero-order valence-electron chi connectivity index (χ0n) is 7.91. The molecule has 0 aliphatic heterocycles. The smallest absolute Gasteiger partial charge is 0.0446 e. The average Bonchev–Trinajstić information content (AvgIpc) is 2.05. The Labute approximate surface area is 88.1 Å². The quantitative estimate of drug-likeness (QED) is 0.623. The molecule has 0 fully saturated rings. The minimum atomic E-state index is 0.817. The molecule has 0 aliphatic carbocycles. The number of hydrogen-bond acceptors (Lipinski definition) is 0. The fourth-order valence-corrected chi connectivity index (χ4v) is 1.44. The van der Waals surface area contributed by atoms with Gasteiger partial charge >= 0.3 is 0 Å². The molecule has 0 heterocycles. The van der Waals surface area contributed by atoms with Crippen LogP contribution in [0.3, 0.4) is 0 Å². The second-order valence-electron chi connectivity index (χ2n) is 2.35. The molecule has 0 amide bonds. The first kappa shape index (κ1) is 12.0. The molecule has 68 valence electrons.